The molecule has 1 amide bonds. The summed E-state index contributed by atoms with van der Waals surface area (Å²) in [5.41, 5.74) is 2.17. The highest BCUT2D eigenvalue weighted by Gasteiger charge is 2.48. The normalized spacial score (nSPS) is 21.0. The van der Waals surface area contributed by atoms with Gasteiger partial charge in [0.25, 0.3) is 0 Å². The molecule has 0 spiro atoms. The van der Waals surface area contributed by atoms with E-state index in [4.69, 9.17) is 9.47 Å². The van der Waals surface area contributed by atoms with Gasteiger partial charge < -0.3 is 19.5 Å². The molecule has 0 saturated heterocycles. The van der Waals surface area contributed by atoms with Crippen LogP contribution in [0.1, 0.15) is 64.0 Å². The number of aliphatic carboxylic acids is 1. The number of nitrogens with zero attached hydrogens (tertiary/aromatic N) is 4. The number of rotatable bonds is 9. The summed E-state index contributed by atoms with van der Waals surface area (Å²) in [6.07, 6.45) is 6.62. The van der Waals surface area contributed by atoms with E-state index in [9.17, 15) is 14.7 Å². The summed E-state index contributed by atoms with van der Waals surface area (Å²) in [7, 11) is 3.60. The van der Waals surface area contributed by atoms with Crippen LogP contribution in [-0.2, 0) is 23.2 Å². The molecule has 2 aliphatic carbocycles. The molecule has 1 aromatic carbocycles. The van der Waals surface area contributed by atoms with Crippen molar-refractivity contribution in [2.45, 2.75) is 76.5 Å². The van der Waals surface area contributed by atoms with E-state index in [1.54, 1.807) is 16.6 Å². The summed E-state index contributed by atoms with van der Waals surface area (Å²) in [6, 6.07) is 7.52. The van der Waals surface area contributed by atoms with Gasteiger partial charge in [0, 0.05) is 25.2 Å². The number of benzene rings is 1. The second kappa shape index (κ2) is 10.0. The first-order chi connectivity index (χ1) is 16.3. The van der Waals surface area contributed by atoms with Crippen molar-refractivity contribution in [3.63, 3.8) is 0 Å². The fourth-order valence-corrected chi connectivity index (χ4v) is 4.91. The van der Waals surface area contributed by atoms with Crippen LogP contribution in [0.4, 0.5) is 4.79 Å². The molecule has 1 heterocycles. The number of hydrogen-bond donors (Lipinski definition) is 1. The van der Waals surface area contributed by atoms with Gasteiger partial charge in [-0.15, -0.1) is 5.10 Å². The topological polar surface area (TPSA) is 107 Å². The average molecular weight is 471 g/mol. The number of amides is 1. The molecule has 0 radical (unpaired) electrons. The second-order valence-electron chi connectivity index (χ2n) is 9.56. The third kappa shape index (κ3) is 5.18. The van der Waals surface area contributed by atoms with E-state index >= 15 is 0 Å². The highest BCUT2D eigenvalue weighted by atomic mass is 16.6. The van der Waals surface area contributed by atoms with Crippen LogP contribution in [0.2, 0.25) is 0 Å². The maximum absolute atomic E-state index is 12.7. The van der Waals surface area contributed by atoms with Gasteiger partial charge in [-0.2, -0.15) is 0 Å². The van der Waals surface area contributed by atoms with Crippen molar-refractivity contribution < 1.29 is 24.2 Å². The Bertz CT molecular complexity index is 1010. The maximum atomic E-state index is 12.7. The first kappa shape index (κ1) is 24.0. The molecule has 4 rings (SSSR count). The Kier molecular flexibility index (Phi) is 7.09. The van der Waals surface area contributed by atoms with Crippen molar-refractivity contribution in [1.29, 1.82) is 0 Å². The van der Waals surface area contributed by atoms with Gasteiger partial charge in [-0.3, -0.25) is 4.79 Å². The molecule has 0 unspecified atom stereocenters. The van der Waals surface area contributed by atoms with Gasteiger partial charge >= 0.3 is 12.1 Å². The Morgan fingerprint density at radius 3 is 2.62 bits per heavy atom. The van der Waals surface area contributed by atoms with Crippen LogP contribution in [0.5, 0.6) is 5.75 Å². The second-order valence-corrected chi connectivity index (χ2v) is 9.56. The van der Waals surface area contributed by atoms with Gasteiger partial charge in [0.2, 0.25) is 0 Å². The molecule has 9 nitrogen and oxygen atoms in total. The Labute approximate surface area is 200 Å². The van der Waals surface area contributed by atoms with E-state index in [0.717, 1.165) is 44.1 Å². The smallest absolute Gasteiger partial charge is 0.410 e. The van der Waals surface area contributed by atoms with Crippen molar-refractivity contribution in [2.24, 2.45) is 13.0 Å². The fraction of sp³-hybridized carbons (Fsp3) is 0.600. The van der Waals surface area contributed by atoms with Gasteiger partial charge in [-0.25, -0.2) is 9.48 Å². The lowest BCUT2D eigenvalue weighted by Gasteiger charge is -2.27. The summed E-state index contributed by atoms with van der Waals surface area (Å²) < 4.78 is 13.3. The van der Waals surface area contributed by atoms with Crippen molar-refractivity contribution in [1.82, 2.24) is 19.9 Å². The van der Waals surface area contributed by atoms with Gasteiger partial charge in [0.05, 0.1) is 12.0 Å². The zero-order valence-corrected chi connectivity index (χ0v) is 20.2. The number of ether oxygens (including phenoxy) is 2. The number of carboxylic acids is 1. The number of hydrogen-bond acceptors (Lipinski definition) is 6. The minimum Gasteiger partial charge on any atom is -0.490 e. The highest BCUT2D eigenvalue weighted by Crippen LogP contribution is 2.45. The fourth-order valence-electron chi connectivity index (χ4n) is 4.91. The van der Waals surface area contributed by atoms with Crippen LogP contribution < -0.4 is 4.74 Å². The number of carbonyl (C=O) groups is 2. The van der Waals surface area contributed by atoms with E-state index in [2.05, 4.69) is 17.2 Å². The molecule has 2 saturated carbocycles. The lowest BCUT2D eigenvalue weighted by atomic mass is 9.87. The summed E-state index contributed by atoms with van der Waals surface area (Å²) in [5, 5.41) is 17.7. The molecular formula is C25H34N4O5. The predicted octanol–water partition coefficient (Wildman–Crippen LogP) is 4.41. The van der Waals surface area contributed by atoms with Crippen molar-refractivity contribution in [3.8, 4) is 17.0 Å². The number of carboxylic acid groups (broad SMARTS) is 1. The largest absolute Gasteiger partial charge is 0.490 e. The molecule has 184 valence electrons. The third-order valence-electron chi connectivity index (χ3n) is 7.21. The van der Waals surface area contributed by atoms with Crippen molar-refractivity contribution in [2.75, 3.05) is 7.05 Å². The molecular weight excluding hydrogens is 436 g/mol. The molecule has 1 N–H and O–H groups in total. The van der Waals surface area contributed by atoms with Crippen LogP contribution >= 0.6 is 0 Å². The number of aryl methyl sites for hydroxylation is 1. The minimum atomic E-state index is -0.747. The Hall–Kier alpha value is -3.10. The number of carbonyl (C=O) groups excluding carboxylic acids is 1. The van der Waals surface area contributed by atoms with Crippen LogP contribution in [0.15, 0.2) is 24.3 Å². The van der Waals surface area contributed by atoms with Crippen molar-refractivity contribution in [3.05, 3.63) is 30.0 Å². The Balaban J connectivity index is 1.38. The predicted molar refractivity (Wildman–Crippen MR) is 125 cm³/mol. The van der Waals surface area contributed by atoms with Crippen LogP contribution in [0, 0.1) is 5.92 Å². The van der Waals surface area contributed by atoms with Crippen molar-refractivity contribution >= 4 is 12.1 Å². The molecule has 2 atom stereocenters. The SMILES string of the molecule is CCCC1(N(C)C(=O)OCc2c(-c3ccc(O[C@H]4CCC[C@H](C(=O)O)C4)cc3)nnn2C)CC1. The van der Waals surface area contributed by atoms with Crippen LogP contribution in [0.3, 0.4) is 0 Å². The molecule has 9 heteroatoms. The minimum absolute atomic E-state index is 0.0436. The molecule has 1 aromatic heterocycles. The zero-order chi connectivity index (χ0) is 24.3. The summed E-state index contributed by atoms with van der Waals surface area (Å²) in [6.45, 7) is 2.21. The van der Waals surface area contributed by atoms with E-state index < -0.39 is 5.97 Å². The number of aromatic nitrogens is 3. The lowest BCUT2D eigenvalue weighted by Crippen LogP contribution is -2.39. The van der Waals surface area contributed by atoms with Gasteiger partial charge in [0.15, 0.2) is 0 Å². The first-order valence-electron chi connectivity index (χ1n) is 12.1. The highest BCUT2D eigenvalue weighted by molar-refractivity contribution is 5.70. The third-order valence-corrected chi connectivity index (χ3v) is 7.21. The summed E-state index contributed by atoms with van der Waals surface area (Å²) >= 11 is 0. The quantitative estimate of drug-likeness (QED) is 0.579. The Morgan fingerprint density at radius 1 is 1.24 bits per heavy atom. The first-order valence-corrected chi connectivity index (χ1v) is 12.1. The molecule has 2 aliphatic rings. The summed E-state index contributed by atoms with van der Waals surface area (Å²) in [4.78, 5) is 25.7. The summed E-state index contributed by atoms with van der Waals surface area (Å²) in [5.74, 6) is -0.383. The van der Waals surface area contributed by atoms with E-state index in [1.807, 2.05) is 31.3 Å². The standard InChI is InChI=1S/C25H34N4O5/c1-4-12-25(13-14-25)28(2)24(32)33-16-21-22(26-27-29(21)3)17-8-10-19(11-9-17)34-20-7-5-6-18(15-20)23(30)31/h8-11,18,20H,4-7,12-16H2,1-3H3,(H,30,31)/t18-,20-/m0/s1. The Morgan fingerprint density at radius 2 is 1.97 bits per heavy atom. The molecule has 0 bridgehead atoms. The molecule has 2 fully saturated rings. The van der Waals surface area contributed by atoms with E-state index in [0.29, 0.717) is 30.0 Å². The van der Waals surface area contributed by atoms with Gasteiger partial charge in [-0.1, -0.05) is 18.6 Å². The molecule has 34 heavy (non-hydrogen) atoms. The molecule has 2 aromatic rings. The lowest BCUT2D eigenvalue weighted by molar-refractivity contribution is -0.143. The van der Waals surface area contributed by atoms with E-state index in [1.165, 1.54) is 0 Å². The zero-order valence-electron chi connectivity index (χ0n) is 20.2. The van der Waals surface area contributed by atoms with Gasteiger partial charge in [-0.05, 0) is 69.2 Å². The monoisotopic (exact) mass is 470 g/mol. The maximum Gasteiger partial charge on any atom is 0.410 e. The van der Waals surface area contributed by atoms with Crippen LogP contribution in [-0.4, -0.2) is 55.8 Å². The molecule has 0 aliphatic heterocycles. The van der Waals surface area contributed by atoms with Gasteiger partial charge in [0.1, 0.15) is 23.7 Å². The average Bonchev–Trinajstić information content (AvgIpc) is 3.53. The van der Waals surface area contributed by atoms with Crippen LogP contribution in [0.25, 0.3) is 11.3 Å². The van der Waals surface area contributed by atoms with E-state index in [-0.39, 0.29) is 30.3 Å².